The number of rotatable bonds is 7. The highest BCUT2D eigenvalue weighted by Crippen LogP contribution is 2.29. The Morgan fingerprint density at radius 2 is 1.88 bits per heavy atom. The Labute approximate surface area is 144 Å². The van der Waals surface area contributed by atoms with Crippen molar-refractivity contribution in [2.45, 2.75) is 4.90 Å². The molecule has 9 heteroatoms. The molecular formula is C16H16N2O6S. The van der Waals surface area contributed by atoms with Gasteiger partial charge in [-0.2, -0.15) is 0 Å². The first-order chi connectivity index (χ1) is 11.8. The molecule has 0 heterocycles. The normalized spacial score (nSPS) is 10.8. The van der Waals surface area contributed by atoms with Crippen molar-refractivity contribution in [3.63, 3.8) is 0 Å². The van der Waals surface area contributed by atoms with E-state index in [4.69, 9.17) is 14.6 Å². The summed E-state index contributed by atoms with van der Waals surface area (Å²) in [5.74, 6) is 0.000684. The van der Waals surface area contributed by atoms with Crippen LogP contribution in [0.3, 0.4) is 0 Å². The summed E-state index contributed by atoms with van der Waals surface area (Å²) in [4.78, 5) is 22.9. The van der Waals surface area contributed by atoms with E-state index in [1.807, 2.05) is 0 Å². The molecule has 0 radical (unpaired) electrons. The van der Waals surface area contributed by atoms with Gasteiger partial charge in [-0.1, -0.05) is 6.07 Å². The van der Waals surface area contributed by atoms with Gasteiger partial charge in [-0.15, -0.1) is 0 Å². The van der Waals surface area contributed by atoms with Crippen LogP contribution in [0, 0.1) is 0 Å². The van der Waals surface area contributed by atoms with Gasteiger partial charge in [0.15, 0.2) is 24.4 Å². The molecule has 0 bridgehead atoms. The lowest BCUT2D eigenvalue weighted by atomic mass is 10.2. The maximum absolute atomic E-state index is 12.0. The molecule has 2 rings (SSSR count). The molecule has 0 unspecified atom stereocenters. The summed E-state index contributed by atoms with van der Waals surface area (Å²) in [7, 11) is -2.37. The van der Waals surface area contributed by atoms with Crippen LogP contribution in [0.5, 0.6) is 11.5 Å². The first-order valence-corrected chi connectivity index (χ1v) is 8.57. The van der Waals surface area contributed by atoms with Gasteiger partial charge in [0, 0.05) is 5.69 Å². The third-order valence-corrected chi connectivity index (χ3v) is 4.10. The van der Waals surface area contributed by atoms with Crippen LogP contribution in [0.15, 0.2) is 47.4 Å². The number of benzene rings is 2. The highest BCUT2D eigenvalue weighted by molar-refractivity contribution is 7.89. The number of carbonyl (C=O) groups is 2. The number of ether oxygens (including phenoxy) is 2. The summed E-state index contributed by atoms with van der Waals surface area (Å²) < 4.78 is 32.8. The molecule has 0 fully saturated rings. The van der Waals surface area contributed by atoms with Crippen molar-refractivity contribution >= 4 is 27.9 Å². The van der Waals surface area contributed by atoms with Gasteiger partial charge in [-0.05, 0) is 36.4 Å². The molecule has 8 nitrogen and oxygen atoms in total. The van der Waals surface area contributed by atoms with E-state index in [-0.39, 0.29) is 22.8 Å². The number of sulfonamides is 1. The average molecular weight is 364 g/mol. The number of nitrogens with one attached hydrogen (secondary N) is 1. The minimum Gasteiger partial charge on any atom is -0.493 e. The molecule has 0 aliphatic rings. The standard InChI is InChI=1S/C16H16N2O6S/c1-23-14-4-2-3-11(9-19)16(14)24-10-15(20)18-12-5-7-13(8-6-12)25(17,21)22/h2-9H,10H2,1H3,(H,18,20)(H2,17,21,22). The Morgan fingerprint density at radius 3 is 2.44 bits per heavy atom. The van der Waals surface area contributed by atoms with Crippen LogP contribution in [0.2, 0.25) is 0 Å². The second kappa shape index (κ2) is 7.77. The zero-order valence-corrected chi connectivity index (χ0v) is 14.1. The van der Waals surface area contributed by atoms with Crippen LogP contribution in [0.25, 0.3) is 0 Å². The summed E-state index contributed by atoms with van der Waals surface area (Å²) in [6, 6.07) is 10.1. The van der Waals surface area contributed by atoms with Crippen molar-refractivity contribution in [1.82, 2.24) is 0 Å². The van der Waals surface area contributed by atoms with E-state index < -0.39 is 15.9 Å². The fraction of sp³-hybridized carbons (Fsp3) is 0.125. The fourth-order valence-corrected chi connectivity index (χ4v) is 2.52. The maximum Gasteiger partial charge on any atom is 0.262 e. The Morgan fingerprint density at radius 1 is 1.20 bits per heavy atom. The number of amides is 1. The SMILES string of the molecule is COc1cccc(C=O)c1OCC(=O)Nc1ccc(S(N)(=O)=O)cc1. The highest BCUT2D eigenvalue weighted by atomic mass is 32.2. The van der Waals surface area contributed by atoms with Crippen LogP contribution >= 0.6 is 0 Å². The van der Waals surface area contributed by atoms with E-state index in [1.54, 1.807) is 12.1 Å². The molecule has 1 amide bonds. The molecule has 25 heavy (non-hydrogen) atoms. The van der Waals surface area contributed by atoms with Crippen molar-refractivity contribution in [2.75, 3.05) is 19.0 Å². The fourth-order valence-electron chi connectivity index (χ4n) is 2.00. The van der Waals surface area contributed by atoms with Gasteiger partial charge >= 0.3 is 0 Å². The molecule has 2 aromatic rings. The lowest BCUT2D eigenvalue weighted by Crippen LogP contribution is -2.21. The molecule has 0 spiro atoms. The van der Waals surface area contributed by atoms with Gasteiger partial charge < -0.3 is 14.8 Å². The number of nitrogens with two attached hydrogens (primary N) is 1. The molecule has 0 saturated carbocycles. The number of aldehydes is 1. The number of anilines is 1. The van der Waals surface area contributed by atoms with Crippen molar-refractivity contribution in [2.24, 2.45) is 5.14 Å². The number of para-hydroxylation sites is 1. The summed E-state index contributed by atoms with van der Waals surface area (Å²) in [5, 5.41) is 7.54. The van der Waals surface area contributed by atoms with E-state index in [1.165, 1.54) is 37.4 Å². The molecule has 0 aliphatic carbocycles. The molecule has 0 atom stereocenters. The van der Waals surface area contributed by atoms with E-state index in [2.05, 4.69) is 5.32 Å². The van der Waals surface area contributed by atoms with Crippen molar-refractivity contribution in [3.8, 4) is 11.5 Å². The smallest absolute Gasteiger partial charge is 0.262 e. The monoisotopic (exact) mass is 364 g/mol. The molecule has 0 saturated heterocycles. The van der Waals surface area contributed by atoms with Crippen LogP contribution in [0.1, 0.15) is 10.4 Å². The molecule has 132 valence electrons. The minimum absolute atomic E-state index is 0.0635. The van der Waals surface area contributed by atoms with E-state index in [0.29, 0.717) is 17.7 Å². The lowest BCUT2D eigenvalue weighted by molar-refractivity contribution is -0.118. The Bertz CT molecular complexity index is 878. The van der Waals surface area contributed by atoms with Crippen molar-refractivity contribution in [3.05, 3.63) is 48.0 Å². The molecule has 3 N–H and O–H groups in total. The van der Waals surface area contributed by atoms with Gasteiger partial charge in [0.1, 0.15) is 0 Å². The van der Waals surface area contributed by atoms with Gasteiger partial charge in [0.2, 0.25) is 10.0 Å². The second-order valence-corrected chi connectivity index (χ2v) is 6.46. The van der Waals surface area contributed by atoms with Crippen molar-refractivity contribution in [1.29, 1.82) is 0 Å². The Hall–Kier alpha value is -2.91. The van der Waals surface area contributed by atoms with Crippen molar-refractivity contribution < 1.29 is 27.5 Å². The predicted molar refractivity (Wildman–Crippen MR) is 90.3 cm³/mol. The molecule has 0 aromatic heterocycles. The van der Waals surface area contributed by atoms with Gasteiger partial charge in [0.05, 0.1) is 17.6 Å². The highest BCUT2D eigenvalue weighted by Gasteiger charge is 2.13. The van der Waals surface area contributed by atoms with Gasteiger partial charge in [-0.3, -0.25) is 9.59 Å². The van der Waals surface area contributed by atoms with Gasteiger partial charge in [0.25, 0.3) is 5.91 Å². The van der Waals surface area contributed by atoms with Crippen LogP contribution in [0.4, 0.5) is 5.69 Å². The maximum atomic E-state index is 12.0. The largest absolute Gasteiger partial charge is 0.493 e. The summed E-state index contributed by atoms with van der Waals surface area (Å²) in [6.45, 7) is -0.363. The second-order valence-electron chi connectivity index (χ2n) is 4.90. The first kappa shape index (κ1) is 18.4. The lowest BCUT2D eigenvalue weighted by Gasteiger charge is -2.12. The topological polar surface area (TPSA) is 125 Å². The number of hydrogen-bond acceptors (Lipinski definition) is 6. The number of primary sulfonamides is 1. The summed E-state index contributed by atoms with van der Waals surface area (Å²) in [6.07, 6.45) is 0.599. The number of methoxy groups -OCH3 is 1. The van der Waals surface area contributed by atoms with E-state index in [0.717, 1.165) is 0 Å². The average Bonchev–Trinajstić information content (AvgIpc) is 2.59. The summed E-state index contributed by atoms with van der Waals surface area (Å²) in [5.41, 5.74) is 0.626. The summed E-state index contributed by atoms with van der Waals surface area (Å²) >= 11 is 0. The number of carbonyl (C=O) groups excluding carboxylic acids is 2. The zero-order valence-electron chi connectivity index (χ0n) is 13.3. The molecule has 2 aromatic carbocycles. The number of hydrogen-bond donors (Lipinski definition) is 2. The van der Waals surface area contributed by atoms with Crippen LogP contribution in [-0.2, 0) is 14.8 Å². The van der Waals surface area contributed by atoms with Gasteiger partial charge in [-0.25, -0.2) is 13.6 Å². The molecule has 0 aliphatic heterocycles. The Kier molecular flexibility index (Phi) is 5.73. The first-order valence-electron chi connectivity index (χ1n) is 7.03. The quantitative estimate of drug-likeness (QED) is 0.711. The zero-order chi connectivity index (χ0) is 18.4. The third kappa shape index (κ3) is 4.78. The van der Waals surface area contributed by atoms with E-state index in [9.17, 15) is 18.0 Å². The van der Waals surface area contributed by atoms with Crippen LogP contribution in [-0.4, -0.2) is 34.3 Å². The van der Waals surface area contributed by atoms with Crippen LogP contribution < -0.4 is 19.9 Å². The Balaban J connectivity index is 2.03. The molecular weight excluding hydrogens is 348 g/mol. The van der Waals surface area contributed by atoms with E-state index >= 15 is 0 Å². The third-order valence-electron chi connectivity index (χ3n) is 3.17. The predicted octanol–water partition coefficient (Wildman–Crippen LogP) is 1.17. The minimum atomic E-state index is -3.79.